The van der Waals surface area contributed by atoms with E-state index in [9.17, 15) is 9.90 Å². The molecule has 2 unspecified atom stereocenters. The maximum absolute atomic E-state index is 12.1. The molecule has 0 spiro atoms. The summed E-state index contributed by atoms with van der Waals surface area (Å²) in [6.07, 6.45) is 0. The summed E-state index contributed by atoms with van der Waals surface area (Å²) in [6.45, 7) is 2.69. The topological polar surface area (TPSA) is 61.6 Å². The summed E-state index contributed by atoms with van der Waals surface area (Å²) in [5, 5.41) is 12.5. The summed E-state index contributed by atoms with van der Waals surface area (Å²) in [7, 11) is 0. The van der Waals surface area contributed by atoms with Crippen molar-refractivity contribution in [1.82, 2.24) is 4.90 Å². The minimum absolute atomic E-state index is 0.0245. The highest BCUT2D eigenvalue weighted by atomic mass is 16.5. The number of carbonyl (C=O) groups is 1. The average Bonchev–Trinajstić information content (AvgIpc) is 3.10. The SMILES string of the molecule is O=C(Nc1ccc(C23CN2CCO3)cc1)c1ccccc1O. The van der Waals surface area contributed by atoms with Crippen LogP contribution in [0.4, 0.5) is 5.69 Å². The molecule has 0 radical (unpaired) electrons. The number of hydrogen-bond acceptors (Lipinski definition) is 4. The Kier molecular flexibility index (Phi) is 2.92. The second-order valence-electron chi connectivity index (χ2n) is 5.60. The summed E-state index contributed by atoms with van der Waals surface area (Å²) in [5.74, 6) is -0.349. The Morgan fingerprint density at radius 2 is 1.95 bits per heavy atom. The lowest BCUT2D eigenvalue weighted by molar-refractivity contribution is 0.0589. The van der Waals surface area contributed by atoms with Gasteiger partial charge in [-0.3, -0.25) is 9.69 Å². The predicted molar refractivity (Wildman–Crippen MR) is 81.7 cm³/mol. The Labute approximate surface area is 128 Å². The summed E-state index contributed by atoms with van der Waals surface area (Å²) in [6, 6.07) is 14.2. The number of nitrogens with zero attached hydrogens (tertiary/aromatic N) is 1. The molecule has 2 aliphatic heterocycles. The molecular formula is C17H16N2O3. The number of phenolic OH excluding ortho intramolecular Hbond substituents is 1. The number of para-hydroxylation sites is 1. The predicted octanol–water partition coefficient (Wildman–Crippen LogP) is 2.14. The van der Waals surface area contributed by atoms with Gasteiger partial charge in [0.2, 0.25) is 0 Å². The van der Waals surface area contributed by atoms with Crippen molar-refractivity contribution in [3.05, 3.63) is 59.7 Å². The number of rotatable bonds is 3. The highest BCUT2D eigenvalue weighted by Crippen LogP contribution is 2.47. The standard InChI is InChI=1S/C17H16N2O3/c20-15-4-2-1-3-14(15)16(21)18-13-7-5-12(6-8-13)17-11-19(17)9-10-22-17/h1-8,20H,9-11H2,(H,18,21). The van der Waals surface area contributed by atoms with E-state index in [2.05, 4.69) is 10.2 Å². The molecule has 2 aromatic carbocycles. The number of aromatic hydroxyl groups is 1. The molecule has 2 aromatic rings. The van der Waals surface area contributed by atoms with Crippen molar-refractivity contribution in [3.8, 4) is 5.75 Å². The van der Waals surface area contributed by atoms with Gasteiger partial charge in [-0.2, -0.15) is 0 Å². The van der Waals surface area contributed by atoms with Gasteiger partial charge < -0.3 is 15.2 Å². The van der Waals surface area contributed by atoms with Gasteiger partial charge in [0.15, 0.2) is 5.72 Å². The van der Waals surface area contributed by atoms with E-state index in [1.165, 1.54) is 6.07 Å². The quantitative estimate of drug-likeness (QED) is 0.852. The first-order chi connectivity index (χ1) is 10.7. The van der Waals surface area contributed by atoms with Crippen molar-refractivity contribution in [2.45, 2.75) is 5.72 Å². The third-order valence-electron chi connectivity index (χ3n) is 4.26. The molecule has 0 aromatic heterocycles. The molecule has 5 nitrogen and oxygen atoms in total. The zero-order chi connectivity index (χ0) is 15.2. The van der Waals surface area contributed by atoms with Crippen LogP contribution in [0.1, 0.15) is 15.9 Å². The second kappa shape index (κ2) is 4.83. The maximum Gasteiger partial charge on any atom is 0.259 e. The first-order valence-corrected chi connectivity index (χ1v) is 7.28. The number of nitrogens with one attached hydrogen (secondary N) is 1. The van der Waals surface area contributed by atoms with Crippen LogP contribution in [0.2, 0.25) is 0 Å². The van der Waals surface area contributed by atoms with E-state index in [1.54, 1.807) is 18.2 Å². The minimum atomic E-state index is -0.325. The molecule has 2 fully saturated rings. The van der Waals surface area contributed by atoms with Crippen LogP contribution in [-0.4, -0.2) is 35.6 Å². The molecular weight excluding hydrogens is 280 g/mol. The molecule has 2 atom stereocenters. The molecule has 5 heteroatoms. The Morgan fingerprint density at radius 1 is 1.18 bits per heavy atom. The third kappa shape index (κ3) is 2.06. The molecule has 0 saturated carbocycles. The number of anilines is 1. The van der Waals surface area contributed by atoms with E-state index in [0.717, 1.165) is 25.3 Å². The summed E-state index contributed by atoms with van der Waals surface area (Å²) in [5.41, 5.74) is 1.85. The minimum Gasteiger partial charge on any atom is -0.507 e. The number of fused-ring (bicyclic) bond motifs is 1. The molecule has 2 saturated heterocycles. The van der Waals surface area contributed by atoms with E-state index in [1.807, 2.05) is 24.3 Å². The summed E-state index contributed by atoms with van der Waals surface area (Å²) in [4.78, 5) is 14.4. The van der Waals surface area contributed by atoms with Gasteiger partial charge in [-0.25, -0.2) is 0 Å². The van der Waals surface area contributed by atoms with Crippen LogP contribution in [0.3, 0.4) is 0 Å². The first kappa shape index (κ1) is 13.3. The molecule has 4 rings (SSSR count). The fraction of sp³-hybridized carbons (Fsp3) is 0.235. The van der Waals surface area contributed by atoms with Crippen molar-refractivity contribution in [1.29, 1.82) is 0 Å². The van der Waals surface area contributed by atoms with E-state index in [0.29, 0.717) is 5.69 Å². The molecule has 2 aliphatic rings. The van der Waals surface area contributed by atoms with Gasteiger partial charge in [-0.1, -0.05) is 24.3 Å². The summed E-state index contributed by atoms with van der Waals surface area (Å²) < 4.78 is 5.81. The number of morpholine rings is 1. The molecule has 0 bridgehead atoms. The van der Waals surface area contributed by atoms with Crippen molar-refractivity contribution in [2.75, 3.05) is 25.0 Å². The van der Waals surface area contributed by atoms with Crippen LogP contribution >= 0.6 is 0 Å². The fourth-order valence-corrected chi connectivity index (χ4v) is 2.98. The Hall–Kier alpha value is -2.37. The number of amides is 1. The lowest BCUT2D eigenvalue weighted by atomic mass is 10.1. The Morgan fingerprint density at radius 3 is 2.59 bits per heavy atom. The first-order valence-electron chi connectivity index (χ1n) is 7.28. The number of carbonyl (C=O) groups excluding carboxylic acids is 1. The van der Waals surface area contributed by atoms with Crippen LogP contribution in [0.15, 0.2) is 48.5 Å². The van der Waals surface area contributed by atoms with Gasteiger partial charge in [0.1, 0.15) is 5.75 Å². The lowest BCUT2D eigenvalue weighted by Crippen LogP contribution is -2.14. The van der Waals surface area contributed by atoms with Crippen LogP contribution < -0.4 is 5.32 Å². The van der Waals surface area contributed by atoms with Crippen molar-refractivity contribution < 1.29 is 14.6 Å². The number of ether oxygens (including phenoxy) is 1. The zero-order valence-corrected chi connectivity index (χ0v) is 12.0. The average molecular weight is 296 g/mol. The van der Waals surface area contributed by atoms with Crippen molar-refractivity contribution in [3.63, 3.8) is 0 Å². The zero-order valence-electron chi connectivity index (χ0n) is 12.0. The van der Waals surface area contributed by atoms with Crippen LogP contribution in [0.5, 0.6) is 5.75 Å². The number of phenols is 1. The molecule has 0 aliphatic carbocycles. The monoisotopic (exact) mass is 296 g/mol. The summed E-state index contributed by atoms with van der Waals surface area (Å²) >= 11 is 0. The highest BCUT2D eigenvalue weighted by molar-refractivity contribution is 6.06. The normalized spacial score (nSPS) is 25.5. The Bertz CT molecular complexity index is 729. The van der Waals surface area contributed by atoms with Gasteiger partial charge in [-0.05, 0) is 24.3 Å². The van der Waals surface area contributed by atoms with E-state index in [-0.39, 0.29) is 22.9 Å². The molecule has 112 valence electrons. The van der Waals surface area contributed by atoms with E-state index < -0.39 is 0 Å². The van der Waals surface area contributed by atoms with E-state index >= 15 is 0 Å². The van der Waals surface area contributed by atoms with Gasteiger partial charge in [0.05, 0.1) is 12.2 Å². The lowest BCUT2D eigenvalue weighted by Gasteiger charge is -2.12. The molecule has 1 amide bonds. The van der Waals surface area contributed by atoms with Crippen molar-refractivity contribution >= 4 is 11.6 Å². The van der Waals surface area contributed by atoms with Gasteiger partial charge in [-0.15, -0.1) is 0 Å². The molecule has 22 heavy (non-hydrogen) atoms. The second-order valence-corrected chi connectivity index (χ2v) is 5.60. The third-order valence-corrected chi connectivity index (χ3v) is 4.26. The number of benzene rings is 2. The Balaban J connectivity index is 1.50. The van der Waals surface area contributed by atoms with Gasteiger partial charge in [0.25, 0.3) is 5.91 Å². The molecule has 2 N–H and O–H groups in total. The van der Waals surface area contributed by atoms with Crippen LogP contribution in [0.25, 0.3) is 0 Å². The van der Waals surface area contributed by atoms with Gasteiger partial charge in [0, 0.05) is 24.3 Å². The maximum atomic E-state index is 12.1. The smallest absolute Gasteiger partial charge is 0.259 e. The largest absolute Gasteiger partial charge is 0.507 e. The van der Waals surface area contributed by atoms with Crippen LogP contribution in [-0.2, 0) is 10.5 Å². The van der Waals surface area contributed by atoms with Crippen LogP contribution in [0, 0.1) is 0 Å². The number of hydrogen-bond donors (Lipinski definition) is 2. The fourth-order valence-electron chi connectivity index (χ4n) is 2.98. The molecule has 2 heterocycles. The van der Waals surface area contributed by atoms with Crippen molar-refractivity contribution in [2.24, 2.45) is 0 Å². The highest BCUT2D eigenvalue weighted by Gasteiger charge is 2.58. The van der Waals surface area contributed by atoms with E-state index in [4.69, 9.17) is 4.74 Å². The van der Waals surface area contributed by atoms with Gasteiger partial charge >= 0.3 is 0 Å².